The molecule has 1 aliphatic carbocycles. The number of ketones is 1. The Morgan fingerprint density at radius 3 is 2.67 bits per heavy atom. The second-order valence-corrected chi connectivity index (χ2v) is 7.04. The molecule has 0 aliphatic heterocycles. The van der Waals surface area contributed by atoms with Crippen LogP contribution in [0.4, 0.5) is 0 Å². The number of aliphatic hydroxyl groups excluding tert-OH is 1. The molecule has 0 spiro atoms. The number of hydrogen-bond acceptors (Lipinski definition) is 3. The Labute approximate surface area is 146 Å². The van der Waals surface area contributed by atoms with Gasteiger partial charge in [-0.2, -0.15) is 0 Å². The minimum Gasteiger partial charge on any atom is -0.479 e. The Balaban J connectivity index is 2.22. The molecule has 1 fully saturated rings. The molecule has 0 bridgehead atoms. The first-order valence-corrected chi connectivity index (χ1v) is 9.66. The van der Waals surface area contributed by atoms with Crippen molar-refractivity contribution in [1.29, 1.82) is 0 Å². The largest absolute Gasteiger partial charge is 0.479 e. The molecule has 0 amide bonds. The standard InChI is InChI=1S/C20H34O4/c1-2-3-4-5-6-8-11-16-14-15-18(21)17(16)12-9-7-10-13-19(22)20(23)24/h8,11,16-17,19,22H,2-7,9-10,12-15H2,1H3,(H,23,24)/b11-8-/t16-,17+,19?/m0/s1. The van der Waals surface area contributed by atoms with Gasteiger partial charge in [-0.15, -0.1) is 0 Å². The quantitative estimate of drug-likeness (QED) is 0.383. The van der Waals surface area contributed by atoms with Crippen molar-refractivity contribution in [2.75, 3.05) is 0 Å². The molecule has 0 aromatic rings. The second kappa shape index (κ2) is 12.2. The third-order valence-corrected chi connectivity index (χ3v) is 5.04. The summed E-state index contributed by atoms with van der Waals surface area (Å²) < 4.78 is 0. The smallest absolute Gasteiger partial charge is 0.332 e. The van der Waals surface area contributed by atoms with Gasteiger partial charge in [0.2, 0.25) is 0 Å². The van der Waals surface area contributed by atoms with Crippen LogP contribution >= 0.6 is 0 Å². The molecule has 0 heterocycles. The lowest BCUT2D eigenvalue weighted by atomic mass is 9.89. The van der Waals surface area contributed by atoms with Crippen molar-refractivity contribution in [3.05, 3.63) is 12.2 Å². The van der Waals surface area contributed by atoms with Gasteiger partial charge in [0, 0.05) is 12.3 Å². The van der Waals surface area contributed by atoms with Gasteiger partial charge < -0.3 is 10.2 Å². The van der Waals surface area contributed by atoms with Crippen LogP contribution in [-0.4, -0.2) is 28.1 Å². The summed E-state index contributed by atoms with van der Waals surface area (Å²) in [6.07, 6.45) is 14.9. The van der Waals surface area contributed by atoms with E-state index in [4.69, 9.17) is 5.11 Å². The van der Waals surface area contributed by atoms with Crippen molar-refractivity contribution < 1.29 is 19.8 Å². The van der Waals surface area contributed by atoms with E-state index in [0.717, 1.165) is 32.1 Å². The fraction of sp³-hybridized carbons (Fsp3) is 0.800. The molecule has 0 aromatic carbocycles. The summed E-state index contributed by atoms with van der Waals surface area (Å²) in [6.45, 7) is 2.22. The molecule has 1 saturated carbocycles. The maximum absolute atomic E-state index is 12.1. The minimum absolute atomic E-state index is 0.154. The van der Waals surface area contributed by atoms with Crippen LogP contribution in [0.1, 0.15) is 84.0 Å². The van der Waals surface area contributed by atoms with Crippen LogP contribution in [-0.2, 0) is 9.59 Å². The lowest BCUT2D eigenvalue weighted by molar-refractivity contribution is -0.146. The van der Waals surface area contributed by atoms with Gasteiger partial charge in [0.1, 0.15) is 5.78 Å². The zero-order valence-corrected chi connectivity index (χ0v) is 15.1. The van der Waals surface area contributed by atoms with E-state index in [1.54, 1.807) is 0 Å². The molecule has 1 aliphatic rings. The number of carbonyl (C=O) groups is 2. The summed E-state index contributed by atoms with van der Waals surface area (Å²) >= 11 is 0. The third-order valence-electron chi connectivity index (χ3n) is 5.04. The van der Waals surface area contributed by atoms with Crippen LogP contribution in [0.2, 0.25) is 0 Å². The first-order chi connectivity index (χ1) is 11.6. The maximum atomic E-state index is 12.1. The average Bonchev–Trinajstić information content (AvgIpc) is 2.90. The van der Waals surface area contributed by atoms with Gasteiger partial charge in [-0.3, -0.25) is 4.79 Å². The molecular formula is C20H34O4. The molecule has 1 rings (SSSR count). The van der Waals surface area contributed by atoms with E-state index >= 15 is 0 Å². The van der Waals surface area contributed by atoms with Crippen molar-refractivity contribution in [3.8, 4) is 0 Å². The molecule has 0 radical (unpaired) electrons. The van der Waals surface area contributed by atoms with Crippen LogP contribution < -0.4 is 0 Å². The summed E-state index contributed by atoms with van der Waals surface area (Å²) in [4.78, 5) is 22.6. The molecule has 138 valence electrons. The van der Waals surface area contributed by atoms with E-state index < -0.39 is 12.1 Å². The van der Waals surface area contributed by atoms with Crippen LogP contribution in [0.15, 0.2) is 12.2 Å². The van der Waals surface area contributed by atoms with Gasteiger partial charge in [0.15, 0.2) is 6.10 Å². The van der Waals surface area contributed by atoms with Crippen LogP contribution in [0.3, 0.4) is 0 Å². The summed E-state index contributed by atoms with van der Waals surface area (Å²) in [6, 6.07) is 0. The predicted molar refractivity (Wildman–Crippen MR) is 95.8 cm³/mol. The summed E-state index contributed by atoms with van der Waals surface area (Å²) in [5.41, 5.74) is 0. The number of rotatable bonds is 13. The monoisotopic (exact) mass is 338 g/mol. The first kappa shape index (κ1) is 20.9. The van der Waals surface area contributed by atoms with Crippen molar-refractivity contribution in [2.45, 2.75) is 90.1 Å². The van der Waals surface area contributed by atoms with Gasteiger partial charge in [-0.1, -0.05) is 57.6 Å². The highest BCUT2D eigenvalue weighted by molar-refractivity contribution is 5.83. The molecular weight excluding hydrogens is 304 g/mol. The predicted octanol–water partition coefficient (Wildman–Crippen LogP) is 4.50. The highest BCUT2D eigenvalue weighted by Gasteiger charge is 2.32. The molecule has 24 heavy (non-hydrogen) atoms. The van der Waals surface area contributed by atoms with Gasteiger partial charge in [0.05, 0.1) is 0 Å². The molecule has 2 N–H and O–H groups in total. The third kappa shape index (κ3) is 8.09. The number of Topliss-reactive ketones (excluding diaryl/α,β-unsaturated/α-hetero) is 1. The zero-order chi connectivity index (χ0) is 17.8. The Morgan fingerprint density at radius 2 is 1.96 bits per heavy atom. The van der Waals surface area contributed by atoms with Gasteiger partial charge in [-0.05, 0) is 38.0 Å². The lowest BCUT2D eigenvalue weighted by Crippen LogP contribution is -2.19. The van der Waals surface area contributed by atoms with E-state index in [0.29, 0.717) is 31.0 Å². The topological polar surface area (TPSA) is 74.6 Å². The minimum atomic E-state index is -1.25. The van der Waals surface area contributed by atoms with Crippen molar-refractivity contribution >= 4 is 11.8 Å². The van der Waals surface area contributed by atoms with Crippen LogP contribution in [0, 0.1) is 11.8 Å². The molecule has 0 saturated heterocycles. The summed E-state index contributed by atoms with van der Waals surface area (Å²) in [7, 11) is 0. The Bertz CT molecular complexity index is 402. The summed E-state index contributed by atoms with van der Waals surface area (Å²) in [5.74, 6) is -0.208. The normalized spacial score (nSPS) is 22.3. The van der Waals surface area contributed by atoms with Gasteiger partial charge in [0.25, 0.3) is 0 Å². The Morgan fingerprint density at radius 1 is 1.21 bits per heavy atom. The van der Waals surface area contributed by atoms with E-state index in [9.17, 15) is 14.7 Å². The number of aliphatic carboxylic acids is 1. The van der Waals surface area contributed by atoms with E-state index in [2.05, 4.69) is 19.1 Å². The number of aliphatic hydroxyl groups is 1. The van der Waals surface area contributed by atoms with E-state index in [1.165, 1.54) is 25.7 Å². The maximum Gasteiger partial charge on any atom is 0.332 e. The molecule has 1 unspecified atom stereocenters. The first-order valence-electron chi connectivity index (χ1n) is 9.66. The second-order valence-electron chi connectivity index (χ2n) is 7.04. The highest BCUT2D eigenvalue weighted by Crippen LogP contribution is 2.34. The SMILES string of the molecule is CCCCCC/C=C\[C@H]1CCC(=O)[C@@H]1CCCCCC(O)C(=O)O. The molecule has 4 nitrogen and oxygen atoms in total. The fourth-order valence-electron chi connectivity index (χ4n) is 3.50. The van der Waals surface area contributed by atoms with E-state index in [-0.39, 0.29) is 5.92 Å². The average molecular weight is 338 g/mol. The molecule has 0 aromatic heterocycles. The van der Waals surface area contributed by atoms with Crippen LogP contribution in [0.25, 0.3) is 0 Å². The zero-order valence-electron chi connectivity index (χ0n) is 15.1. The molecule has 4 heteroatoms. The van der Waals surface area contributed by atoms with Crippen molar-refractivity contribution in [1.82, 2.24) is 0 Å². The lowest BCUT2D eigenvalue weighted by Gasteiger charge is -2.15. The van der Waals surface area contributed by atoms with Gasteiger partial charge in [-0.25, -0.2) is 4.79 Å². The number of hydrogen-bond donors (Lipinski definition) is 2. The number of carboxylic acid groups (broad SMARTS) is 1. The van der Waals surface area contributed by atoms with Crippen LogP contribution in [0.5, 0.6) is 0 Å². The number of carbonyl (C=O) groups excluding carboxylic acids is 1. The van der Waals surface area contributed by atoms with Crippen molar-refractivity contribution in [3.63, 3.8) is 0 Å². The van der Waals surface area contributed by atoms with E-state index in [1.807, 2.05) is 0 Å². The van der Waals surface area contributed by atoms with Crippen molar-refractivity contribution in [2.24, 2.45) is 11.8 Å². The summed E-state index contributed by atoms with van der Waals surface area (Å²) in [5, 5.41) is 17.9. The number of allylic oxidation sites excluding steroid dienone is 2. The number of carboxylic acids is 1. The Hall–Kier alpha value is -1.16. The Kier molecular flexibility index (Phi) is 10.6. The molecule has 3 atom stereocenters. The fourth-order valence-corrected chi connectivity index (χ4v) is 3.50. The number of unbranched alkanes of at least 4 members (excludes halogenated alkanes) is 6. The highest BCUT2D eigenvalue weighted by atomic mass is 16.4. The van der Waals surface area contributed by atoms with Gasteiger partial charge >= 0.3 is 5.97 Å².